The number of rotatable bonds is 11. The van der Waals surface area contributed by atoms with Gasteiger partial charge in [-0.2, -0.15) is 0 Å². The average Bonchev–Trinajstić information content (AvgIpc) is 3.60. The molecule has 8 N–H and O–H groups in total. The van der Waals surface area contributed by atoms with Gasteiger partial charge in [0.1, 0.15) is 54.9 Å². The molecular weight excluding hydrogens is 868 g/mol. The Bertz CT molecular complexity index is 1840. The van der Waals surface area contributed by atoms with E-state index in [-0.39, 0.29) is 59.7 Å². The third-order valence-corrected chi connectivity index (χ3v) is 13.3. The molecule has 0 aromatic rings. The summed E-state index contributed by atoms with van der Waals surface area (Å²) in [6, 6.07) is 0. The molecular formula is C43H60O22. The summed E-state index contributed by atoms with van der Waals surface area (Å²) in [5, 5.41) is 81.4. The quantitative estimate of drug-likeness (QED) is 0.0637. The van der Waals surface area contributed by atoms with Crippen LogP contribution in [0.15, 0.2) is 47.0 Å². The maximum atomic E-state index is 13.8. The number of hydrogen-bond donors (Lipinski definition) is 8. The molecule has 5 aliphatic heterocycles. The van der Waals surface area contributed by atoms with Gasteiger partial charge in [-0.05, 0) is 38.0 Å². The third kappa shape index (κ3) is 10.6. The van der Waals surface area contributed by atoms with Gasteiger partial charge in [-0.25, -0.2) is 9.59 Å². The number of methoxy groups -OCH3 is 1. The fourth-order valence-corrected chi connectivity index (χ4v) is 9.35. The minimum atomic E-state index is -1.77. The molecule has 0 amide bonds. The van der Waals surface area contributed by atoms with Crippen LogP contribution in [-0.4, -0.2) is 178 Å². The van der Waals surface area contributed by atoms with Crippen molar-refractivity contribution in [1.82, 2.24) is 0 Å². The summed E-state index contributed by atoms with van der Waals surface area (Å²) in [5.74, 6) is -6.39. The first-order valence-corrected chi connectivity index (χ1v) is 21.5. The van der Waals surface area contributed by atoms with Crippen molar-refractivity contribution < 1.29 is 107 Å². The molecule has 5 heterocycles. The highest BCUT2D eigenvalue weighted by atomic mass is 16.8. The Morgan fingerprint density at radius 1 is 0.800 bits per heavy atom. The summed E-state index contributed by atoms with van der Waals surface area (Å²) in [7, 11) is 1.14. The van der Waals surface area contributed by atoms with Gasteiger partial charge in [0.05, 0.1) is 70.0 Å². The predicted molar refractivity (Wildman–Crippen MR) is 213 cm³/mol. The zero-order chi connectivity index (χ0) is 47.4. The number of cyclic esters (lactones) is 1. The first-order valence-electron chi connectivity index (χ1n) is 21.5. The van der Waals surface area contributed by atoms with Crippen molar-refractivity contribution in [1.29, 1.82) is 0 Å². The lowest BCUT2D eigenvalue weighted by molar-refractivity contribution is -0.327. The normalized spacial score (nSPS) is 42.4. The lowest BCUT2D eigenvalue weighted by atomic mass is 9.83. The summed E-state index contributed by atoms with van der Waals surface area (Å²) in [4.78, 5) is 54.1. The van der Waals surface area contributed by atoms with Gasteiger partial charge < -0.3 is 88.2 Å². The molecule has 0 aromatic heterocycles. The first kappa shape index (κ1) is 50.4. The molecule has 364 valence electrons. The number of fused-ring (bicyclic) bond motifs is 3. The van der Waals surface area contributed by atoms with E-state index in [1.54, 1.807) is 19.9 Å². The lowest BCUT2D eigenvalue weighted by Gasteiger charge is -2.42. The fraction of sp³-hybridized carbons (Fsp3) is 0.721. The zero-order valence-corrected chi connectivity index (χ0v) is 36.5. The van der Waals surface area contributed by atoms with Crippen LogP contribution in [0.4, 0.5) is 0 Å². The van der Waals surface area contributed by atoms with Crippen molar-refractivity contribution in [3.05, 3.63) is 47.0 Å². The molecule has 0 aromatic carbocycles. The predicted octanol–water partition coefficient (Wildman–Crippen LogP) is -1.90. The molecule has 19 atom stereocenters. The van der Waals surface area contributed by atoms with Crippen LogP contribution in [0.2, 0.25) is 0 Å². The molecule has 0 radical (unpaired) electrons. The largest absolute Gasteiger partial charge is 0.468 e. The molecule has 1 aliphatic carbocycles. The second-order valence-corrected chi connectivity index (χ2v) is 17.0. The minimum absolute atomic E-state index is 0.0165. The molecule has 0 unspecified atom stereocenters. The number of aliphatic hydroxyl groups is 8. The van der Waals surface area contributed by atoms with Gasteiger partial charge in [0, 0.05) is 28.9 Å². The van der Waals surface area contributed by atoms with Crippen LogP contribution in [0.3, 0.4) is 0 Å². The summed E-state index contributed by atoms with van der Waals surface area (Å²) >= 11 is 0. The summed E-state index contributed by atoms with van der Waals surface area (Å²) in [6.45, 7) is 5.29. The van der Waals surface area contributed by atoms with Gasteiger partial charge in [0.2, 0.25) is 12.6 Å². The van der Waals surface area contributed by atoms with Gasteiger partial charge in [0.25, 0.3) is 0 Å². The molecule has 22 heteroatoms. The Morgan fingerprint density at radius 3 is 1.92 bits per heavy atom. The highest BCUT2D eigenvalue weighted by Gasteiger charge is 2.51. The lowest BCUT2D eigenvalue weighted by Crippen LogP contribution is -2.60. The Hall–Kier alpha value is -4.04. The van der Waals surface area contributed by atoms with Crippen molar-refractivity contribution in [2.45, 2.75) is 127 Å². The number of carbonyl (C=O) groups excluding carboxylic acids is 4. The Kier molecular flexibility index (Phi) is 16.8. The molecule has 0 spiro atoms. The Balaban J connectivity index is 1.14. The van der Waals surface area contributed by atoms with Crippen LogP contribution in [0.25, 0.3) is 0 Å². The maximum Gasteiger partial charge on any atom is 0.337 e. The van der Waals surface area contributed by atoms with Gasteiger partial charge >= 0.3 is 23.9 Å². The van der Waals surface area contributed by atoms with Crippen molar-refractivity contribution in [3.8, 4) is 0 Å². The van der Waals surface area contributed by atoms with Gasteiger partial charge in [-0.1, -0.05) is 26.0 Å². The zero-order valence-electron chi connectivity index (χ0n) is 36.5. The number of esters is 4. The van der Waals surface area contributed by atoms with Crippen molar-refractivity contribution in [2.75, 3.05) is 33.5 Å². The molecule has 6 rings (SSSR count). The van der Waals surface area contributed by atoms with Crippen LogP contribution in [0.1, 0.15) is 47.0 Å². The summed E-state index contributed by atoms with van der Waals surface area (Å²) in [6.07, 6.45) is -14.6. The second-order valence-electron chi connectivity index (χ2n) is 17.0. The number of aliphatic hydroxyl groups excluding tert-OH is 8. The molecule has 4 fully saturated rings. The number of carbonyl (C=O) groups is 4. The fourth-order valence-electron chi connectivity index (χ4n) is 9.35. The van der Waals surface area contributed by atoms with Crippen LogP contribution >= 0.6 is 0 Å². The van der Waals surface area contributed by atoms with Gasteiger partial charge in [0.15, 0.2) is 12.6 Å². The standard InChI is InChI=1S/C43H60O22/c1-6-19-22(25(38(54)56-5)15-59-40(19)64-42-36(52)34(50)32(48)28(11-44)62-42)9-30(46)57-14-24-18(4)27-8-21(24)17(3)13-58-39(55)26-16-60-41(20(7-2)23(26)10-31(47)61-27)65-43-37(53)35(51)33(49)29(12-45)63-43/h6-7,15-18,21-24,27-29,32-37,40-45,48-53H,8-14H2,1-5H3/b19-6+,20-7+/t17-,18+,21-,22-,23-,24+,27-,28+,29+,32+,33+,34-,35-,36+,37+,40-,41-,42-,43-/m0/s1. The SMILES string of the molecule is C/C=C1/[C@H](O[C@@H]2O[C@H](CO)[C@@H](O)[C@H](O)[C@H]2O)OC=C(C(=O)OC)[C@H]1CC(=O)OC[C@@H]1[C@@H](C)[C@@H]2C[C@H]1[C@@H](C)COC(=O)C1=CO[C@@H](O[C@@H]3O[C@H](CO)[C@@H](O)[C@H](O)[C@H]3O)/C(=C/C)[C@@H]1CC(=O)O2. The Morgan fingerprint density at radius 2 is 1.37 bits per heavy atom. The van der Waals surface area contributed by atoms with E-state index >= 15 is 0 Å². The Labute approximate surface area is 373 Å². The van der Waals surface area contributed by atoms with Gasteiger partial charge in [-0.15, -0.1) is 0 Å². The van der Waals surface area contributed by atoms with E-state index in [4.69, 9.17) is 47.4 Å². The van der Waals surface area contributed by atoms with Crippen LogP contribution < -0.4 is 0 Å². The monoisotopic (exact) mass is 928 g/mol. The molecule has 1 saturated carbocycles. The van der Waals surface area contributed by atoms with E-state index in [2.05, 4.69) is 0 Å². The highest BCUT2D eigenvalue weighted by Crippen LogP contribution is 2.45. The average molecular weight is 929 g/mol. The van der Waals surface area contributed by atoms with E-state index in [9.17, 15) is 60.0 Å². The molecule has 3 saturated heterocycles. The number of hydrogen-bond acceptors (Lipinski definition) is 22. The highest BCUT2D eigenvalue weighted by molar-refractivity contribution is 5.91. The van der Waals surface area contributed by atoms with E-state index in [1.165, 1.54) is 6.08 Å². The van der Waals surface area contributed by atoms with Crippen LogP contribution in [0.5, 0.6) is 0 Å². The smallest absolute Gasteiger partial charge is 0.337 e. The summed E-state index contributed by atoms with van der Waals surface area (Å²) < 4.78 is 56.8. The van der Waals surface area contributed by atoms with Gasteiger partial charge in [-0.3, -0.25) is 9.59 Å². The van der Waals surface area contributed by atoms with Crippen LogP contribution in [-0.2, 0) is 66.5 Å². The molecule has 6 aliphatic rings. The van der Waals surface area contributed by atoms with Crippen molar-refractivity contribution >= 4 is 23.9 Å². The first-order chi connectivity index (χ1) is 31.0. The number of allylic oxidation sites excluding steroid dienone is 2. The number of ether oxygens (including phenoxy) is 10. The maximum absolute atomic E-state index is 13.8. The summed E-state index contributed by atoms with van der Waals surface area (Å²) in [5.41, 5.74) is 0.427. The third-order valence-electron chi connectivity index (χ3n) is 13.3. The van der Waals surface area contributed by atoms with Crippen molar-refractivity contribution in [2.24, 2.45) is 35.5 Å². The minimum Gasteiger partial charge on any atom is -0.468 e. The van der Waals surface area contributed by atoms with Crippen LogP contribution in [0, 0.1) is 35.5 Å². The molecule has 2 bridgehead atoms. The topological polar surface area (TPSA) is 322 Å². The molecule has 22 nitrogen and oxygen atoms in total. The van der Waals surface area contributed by atoms with E-state index in [0.717, 1.165) is 19.6 Å². The second kappa shape index (κ2) is 21.7. The van der Waals surface area contributed by atoms with Crippen molar-refractivity contribution in [3.63, 3.8) is 0 Å². The van der Waals surface area contributed by atoms with E-state index in [0.29, 0.717) is 6.42 Å². The van der Waals surface area contributed by atoms with E-state index < -0.39 is 141 Å². The molecule has 65 heavy (non-hydrogen) atoms. The van der Waals surface area contributed by atoms with E-state index in [1.807, 2.05) is 13.8 Å².